The predicted octanol–water partition coefficient (Wildman–Crippen LogP) is 2.63. The van der Waals surface area contributed by atoms with Gasteiger partial charge in [0, 0.05) is 12.1 Å². The maximum atomic E-state index is 11.5. The van der Waals surface area contributed by atoms with Crippen molar-refractivity contribution in [2.75, 3.05) is 13.7 Å². The Kier molecular flexibility index (Phi) is 5.93. The SMILES string of the molecule is CCOc1cc(/C=C/C(=O)NC(C)C)ccc1OC. The number of carbonyl (C=O) groups is 1. The molecule has 4 heteroatoms. The first-order valence-corrected chi connectivity index (χ1v) is 6.36. The van der Waals surface area contributed by atoms with Gasteiger partial charge in [0.05, 0.1) is 13.7 Å². The Balaban J connectivity index is 2.81. The molecule has 0 heterocycles. The Morgan fingerprint density at radius 3 is 2.68 bits per heavy atom. The van der Waals surface area contributed by atoms with Gasteiger partial charge in [-0.05, 0) is 44.5 Å². The van der Waals surface area contributed by atoms with Gasteiger partial charge in [0.15, 0.2) is 11.5 Å². The van der Waals surface area contributed by atoms with Crippen LogP contribution in [0.15, 0.2) is 24.3 Å². The van der Waals surface area contributed by atoms with Crippen LogP contribution in [-0.2, 0) is 4.79 Å². The lowest BCUT2D eigenvalue weighted by atomic mass is 10.2. The average Bonchev–Trinajstić information content (AvgIpc) is 2.36. The van der Waals surface area contributed by atoms with Crippen LogP contribution in [0.5, 0.6) is 11.5 Å². The van der Waals surface area contributed by atoms with Gasteiger partial charge in [0.2, 0.25) is 5.91 Å². The molecule has 0 aromatic heterocycles. The zero-order valence-corrected chi connectivity index (χ0v) is 11.9. The van der Waals surface area contributed by atoms with E-state index in [2.05, 4.69) is 5.32 Å². The first-order valence-electron chi connectivity index (χ1n) is 6.36. The van der Waals surface area contributed by atoms with Crippen molar-refractivity contribution in [3.8, 4) is 11.5 Å². The second-order valence-corrected chi connectivity index (χ2v) is 4.34. The van der Waals surface area contributed by atoms with Gasteiger partial charge >= 0.3 is 0 Å². The summed E-state index contributed by atoms with van der Waals surface area (Å²) < 4.78 is 10.7. The second kappa shape index (κ2) is 7.46. The molecule has 1 rings (SSSR count). The summed E-state index contributed by atoms with van der Waals surface area (Å²) in [6, 6.07) is 5.68. The molecule has 0 aliphatic carbocycles. The molecule has 0 aliphatic rings. The fourth-order valence-electron chi connectivity index (χ4n) is 1.57. The standard InChI is InChI=1S/C15H21NO3/c1-5-19-14-10-12(6-8-13(14)18-4)7-9-15(17)16-11(2)3/h6-11H,5H2,1-4H3,(H,16,17)/b9-7+. The maximum Gasteiger partial charge on any atom is 0.244 e. The molecular formula is C15H21NO3. The molecule has 0 atom stereocenters. The first kappa shape index (κ1) is 15.1. The van der Waals surface area contributed by atoms with Crippen LogP contribution >= 0.6 is 0 Å². The maximum absolute atomic E-state index is 11.5. The van der Waals surface area contributed by atoms with Crippen molar-refractivity contribution in [3.05, 3.63) is 29.8 Å². The van der Waals surface area contributed by atoms with Crippen LogP contribution in [0.4, 0.5) is 0 Å². The molecule has 4 nitrogen and oxygen atoms in total. The number of rotatable bonds is 6. The molecule has 0 radical (unpaired) electrons. The van der Waals surface area contributed by atoms with Crippen molar-refractivity contribution in [2.45, 2.75) is 26.8 Å². The Labute approximate surface area is 114 Å². The Hall–Kier alpha value is -1.97. The third-order valence-corrected chi connectivity index (χ3v) is 2.35. The zero-order valence-electron chi connectivity index (χ0n) is 11.9. The normalized spacial score (nSPS) is 10.8. The smallest absolute Gasteiger partial charge is 0.244 e. The number of amides is 1. The van der Waals surface area contributed by atoms with E-state index in [0.29, 0.717) is 18.1 Å². The van der Waals surface area contributed by atoms with E-state index in [-0.39, 0.29) is 11.9 Å². The van der Waals surface area contributed by atoms with Gasteiger partial charge in [0.25, 0.3) is 0 Å². The first-order chi connectivity index (χ1) is 9.06. The highest BCUT2D eigenvalue weighted by Crippen LogP contribution is 2.28. The monoisotopic (exact) mass is 263 g/mol. The lowest BCUT2D eigenvalue weighted by molar-refractivity contribution is -0.116. The van der Waals surface area contributed by atoms with Crippen LogP contribution in [0.3, 0.4) is 0 Å². The summed E-state index contributed by atoms with van der Waals surface area (Å²) in [6.45, 7) is 6.33. The van der Waals surface area contributed by atoms with E-state index in [4.69, 9.17) is 9.47 Å². The number of ether oxygens (including phenoxy) is 2. The van der Waals surface area contributed by atoms with E-state index < -0.39 is 0 Å². The molecular weight excluding hydrogens is 242 g/mol. The number of hydrogen-bond acceptors (Lipinski definition) is 3. The summed E-state index contributed by atoms with van der Waals surface area (Å²) in [6.07, 6.45) is 3.26. The van der Waals surface area contributed by atoms with E-state index >= 15 is 0 Å². The summed E-state index contributed by atoms with van der Waals surface area (Å²) in [7, 11) is 1.60. The molecule has 1 amide bonds. The van der Waals surface area contributed by atoms with Gasteiger partial charge in [-0.15, -0.1) is 0 Å². The topological polar surface area (TPSA) is 47.6 Å². The van der Waals surface area contributed by atoms with E-state index in [1.54, 1.807) is 13.2 Å². The Bertz CT molecular complexity index is 453. The van der Waals surface area contributed by atoms with Crippen molar-refractivity contribution in [1.82, 2.24) is 5.32 Å². The predicted molar refractivity (Wildman–Crippen MR) is 76.5 cm³/mol. The highest BCUT2D eigenvalue weighted by atomic mass is 16.5. The van der Waals surface area contributed by atoms with E-state index in [9.17, 15) is 4.79 Å². The molecule has 104 valence electrons. The highest BCUT2D eigenvalue weighted by molar-refractivity contribution is 5.91. The third-order valence-electron chi connectivity index (χ3n) is 2.35. The molecule has 0 saturated carbocycles. The van der Waals surface area contributed by atoms with Gasteiger partial charge in [-0.3, -0.25) is 4.79 Å². The van der Waals surface area contributed by atoms with Crippen LogP contribution in [-0.4, -0.2) is 25.7 Å². The van der Waals surface area contributed by atoms with Crippen LogP contribution in [0.2, 0.25) is 0 Å². The molecule has 0 spiro atoms. The largest absolute Gasteiger partial charge is 0.493 e. The molecule has 19 heavy (non-hydrogen) atoms. The van der Waals surface area contributed by atoms with Crippen molar-refractivity contribution in [2.24, 2.45) is 0 Å². The van der Waals surface area contributed by atoms with Crippen molar-refractivity contribution in [1.29, 1.82) is 0 Å². The lowest BCUT2D eigenvalue weighted by Gasteiger charge is -2.09. The van der Waals surface area contributed by atoms with Crippen molar-refractivity contribution < 1.29 is 14.3 Å². The Morgan fingerprint density at radius 2 is 2.11 bits per heavy atom. The molecule has 0 saturated heterocycles. The number of benzene rings is 1. The fourth-order valence-corrected chi connectivity index (χ4v) is 1.57. The summed E-state index contributed by atoms with van der Waals surface area (Å²) in [4.78, 5) is 11.5. The van der Waals surface area contributed by atoms with E-state index in [1.165, 1.54) is 6.08 Å². The van der Waals surface area contributed by atoms with Gasteiger partial charge in [-0.1, -0.05) is 6.07 Å². The molecule has 1 N–H and O–H groups in total. The fraction of sp³-hybridized carbons (Fsp3) is 0.400. The van der Waals surface area contributed by atoms with Crippen LogP contribution in [0.1, 0.15) is 26.3 Å². The number of carbonyl (C=O) groups excluding carboxylic acids is 1. The van der Waals surface area contributed by atoms with Gasteiger partial charge in [0.1, 0.15) is 0 Å². The molecule has 0 fully saturated rings. The molecule has 1 aromatic carbocycles. The van der Waals surface area contributed by atoms with E-state index in [0.717, 1.165) is 5.56 Å². The highest BCUT2D eigenvalue weighted by Gasteiger charge is 2.04. The molecule has 0 bridgehead atoms. The summed E-state index contributed by atoms with van der Waals surface area (Å²) >= 11 is 0. The molecule has 1 aromatic rings. The van der Waals surface area contributed by atoms with Gasteiger partial charge in [-0.25, -0.2) is 0 Å². The third kappa shape index (κ3) is 5.04. The number of nitrogens with one attached hydrogen (secondary N) is 1. The van der Waals surface area contributed by atoms with Crippen molar-refractivity contribution >= 4 is 12.0 Å². The number of hydrogen-bond donors (Lipinski definition) is 1. The van der Waals surface area contributed by atoms with Gasteiger partial charge < -0.3 is 14.8 Å². The molecule has 0 aliphatic heterocycles. The minimum Gasteiger partial charge on any atom is -0.493 e. The van der Waals surface area contributed by atoms with Crippen LogP contribution in [0.25, 0.3) is 6.08 Å². The summed E-state index contributed by atoms with van der Waals surface area (Å²) in [5.41, 5.74) is 0.892. The van der Waals surface area contributed by atoms with Crippen molar-refractivity contribution in [3.63, 3.8) is 0 Å². The van der Waals surface area contributed by atoms with E-state index in [1.807, 2.05) is 39.0 Å². The quantitative estimate of drug-likeness (QED) is 0.803. The lowest BCUT2D eigenvalue weighted by Crippen LogP contribution is -2.28. The Morgan fingerprint density at radius 1 is 1.37 bits per heavy atom. The number of methoxy groups -OCH3 is 1. The minimum atomic E-state index is -0.108. The second-order valence-electron chi connectivity index (χ2n) is 4.34. The average molecular weight is 263 g/mol. The van der Waals surface area contributed by atoms with Crippen LogP contribution in [0, 0.1) is 0 Å². The minimum absolute atomic E-state index is 0.108. The van der Waals surface area contributed by atoms with Crippen LogP contribution < -0.4 is 14.8 Å². The zero-order chi connectivity index (χ0) is 14.3. The molecule has 0 unspecified atom stereocenters. The summed E-state index contributed by atoms with van der Waals surface area (Å²) in [5.74, 6) is 1.26. The van der Waals surface area contributed by atoms with Gasteiger partial charge in [-0.2, -0.15) is 0 Å². The summed E-state index contributed by atoms with van der Waals surface area (Å²) in [5, 5.41) is 2.79.